The van der Waals surface area contributed by atoms with Crippen LogP contribution in [0.25, 0.3) is 0 Å². The molecular formula is C20H32O6. The Balaban J connectivity index is 2.47. The van der Waals surface area contributed by atoms with Crippen LogP contribution in [-0.2, 0) is 9.59 Å². The molecule has 5 atom stereocenters. The molecule has 1 rings (SSSR count). The lowest BCUT2D eigenvalue weighted by Crippen LogP contribution is -2.18. The molecule has 4 N–H and O–H groups in total. The second kappa shape index (κ2) is 12.0. The van der Waals surface area contributed by atoms with Crippen LogP contribution in [0.2, 0.25) is 0 Å². The van der Waals surface area contributed by atoms with Gasteiger partial charge >= 0.3 is 5.97 Å². The Hall–Kier alpha value is -1.50. The van der Waals surface area contributed by atoms with Crippen LogP contribution in [0.4, 0.5) is 0 Å². The maximum absolute atomic E-state index is 12.1. The number of aliphatic carboxylic acids is 1. The Morgan fingerprint density at radius 2 is 1.96 bits per heavy atom. The third-order valence-electron chi connectivity index (χ3n) is 4.73. The highest BCUT2D eigenvalue weighted by Gasteiger charge is 2.39. The SMILES string of the molecule is CC(O)CCC[C@H](O)C=C[C@H]1[C@H](O)CC(=O)[C@@H]1CC=CCCCC(=O)O. The molecule has 0 radical (unpaired) electrons. The first-order valence-electron chi connectivity index (χ1n) is 9.43. The molecule has 0 amide bonds. The van der Waals surface area contributed by atoms with Gasteiger partial charge in [0.25, 0.3) is 0 Å². The lowest BCUT2D eigenvalue weighted by atomic mass is 9.90. The van der Waals surface area contributed by atoms with Crippen LogP contribution < -0.4 is 0 Å². The molecule has 6 heteroatoms. The summed E-state index contributed by atoms with van der Waals surface area (Å²) in [6, 6.07) is 0. The third-order valence-corrected chi connectivity index (χ3v) is 4.73. The van der Waals surface area contributed by atoms with E-state index in [0.29, 0.717) is 38.5 Å². The van der Waals surface area contributed by atoms with Gasteiger partial charge in [-0.2, -0.15) is 0 Å². The fourth-order valence-electron chi connectivity index (χ4n) is 3.23. The molecule has 1 unspecified atom stereocenters. The number of hydrogen-bond donors (Lipinski definition) is 4. The lowest BCUT2D eigenvalue weighted by molar-refractivity contribution is -0.137. The molecule has 0 spiro atoms. The van der Waals surface area contributed by atoms with Gasteiger partial charge in [-0.05, 0) is 45.4 Å². The van der Waals surface area contributed by atoms with E-state index >= 15 is 0 Å². The number of aliphatic hydroxyl groups is 3. The summed E-state index contributed by atoms with van der Waals surface area (Å²) < 4.78 is 0. The third kappa shape index (κ3) is 8.74. The molecule has 0 bridgehead atoms. The first-order valence-corrected chi connectivity index (χ1v) is 9.43. The first kappa shape index (κ1) is 22.5. The molecule has 0 saturated heterocycles. The number of ketones is 1. The molecule has 0 aromatic heterocycles. The molecule has 0 aromatic carbocycles. The molecule has 1 saturated carbocycles. The fraction of sp³-hybridized carbons (Fsp3) is 0.700. The van der Waals surface area contributed by atoms with Crippen LogP contribution in [-0.4, -0.2) is 50.5 Å². The summed E-state index contributed by atoms with van der Waals surface area (Å²) in [5.41, 5.74) is 0. The van der Waals surface area contributed by atoms with E-state index in [2.05, 4.69) is 0 Å². The van der Waals surface area contributed by atoms with Crippen molar-refractivity contribution in [3.8, 4) is 0 Å². The minimum absolute atomic E-state index is 0.0194. The average molecular weight is 368 g/mol. The molecule has 26 heavy (non-hydrogen) atoms. The predicted octanol–water partition coefficient (Wildman–Crippen LogP) is 2.22. The number of hydrogen-bond acceptors (Lipinski definition) is 5. The van der Waals surface area contributed by atoms with E-state index in [-0.39, 0.29) is 36.6 Å². The Labute approximate surface area is 155 Å². The van der Waals surface area contributed by atoms with Crippen LogP contribution in [0.15, 0.2) is 24.3 Å². The topological polar surface area (TPSA) is 115 Å². The number of unbranched alkanes of at least 4 members (excludes halogenated alkanes) is 1. The summed E-state index contributed by atoms with van der Waals surface area (Å²) in [6.07, 6.45) is 9.23. The van der Waals surface area contributed by atoms with Gasteiger partial charge < -0.3 is 20.4 Å². The minimum atomic E-state index is -0.815. The Bertz CT molecular complexity index is 497. The van der Waals surface area contributed by atoms with Gasteiger partial charge in [0.05, 0.1) is 18.3 Å². The molecule has 0 heterocycles. The van der Waals surface area contributed by atoms with E-state index in [0.717, 1.165) is 0 Å². The summed E-state index contributed by atoms with van der Waals surface area (Å²) in [4.78, 5) is 22.6. The normalized spacial score (nSPS) is 26.0. The number of carbonyl (C=O) groups excluding carboxylic acids is 1. The number of rotatable bonds is 12. The molecule has 0 aromatic rings. The van der Waals surface area contributed by atoms with E-state index in [9.17, 15) is 24.9 Å². The maximum Gasteiger partial charge on any atom is 0.303 e. The van der Waals surface area contributed by atoms with Crippen LogP contribution in [0.5, 0.6) is 0 Å². The second-order valence-corrected chi connectivity index (χ2v) is 7.15. The monoisotopic (exact) mass is 368 g/mol. The maximum atomic E-state index is 12.1. The van der Waals surface area contributed by atoms with Crippen LogP contribution in [0, 0.1) is 11.8 Å². The summed E-state index contributed by atoms with van der Waals surface area (Å²) in [7, 11) is 0. The van der Waals surface area contributed by atoms with Gasteiger partial charge in [0.2, 0.25) is 0 Å². The predicted molar refractivity (Wildman–Crippen MR) is 98.5 cm³/mol. The van der Waals surface area contributed by atoms with Gasteiger partial charge in [-0.1, -0.05) is 24.3 Å². The van der Waals surface area contributed by atoms with Crippen LogP contribution in [0.1, 0.15) is 58.3 Å². The highest BCUT2D eigenvalue weighted by Crippen LogP contribution is 2.33. The zero-order valence-electron chi connectivity index (χ0n) is 15.5. The summed E-state index contributed by atoms with van der Waals surface area (Å²) in [5.74, 6) is -1.41. The average Bonchev–Trinajstić information content (AvgIpc) is 2.81. The Kier molecular flexibility index (Phi) is 10.4. The molecular weight excluding hydrogens is 336 g/mol. The van der Waals surface area contributed by atoms with Crippen LogP contribution >= 0.6 is 0 Å². The van der Waals surface area contributed by atoms with Crippen molar-refractivity contribution in [2.45, 2.75) is 76.6 Å². The van der Waals surface area contributed by atoms with Crippen molar-refractivity contribution in [1.82, 2.24) is 0 Å². The molecule has 1 fully saturated rings. The van der Waals surface area contributed by atoms with E-state index in [4.69, 9.17) is 5.11 Å². The first-order chi connectivity index (χ1) is 12.3. The van der Waals surface area contributed by atoms with Crippen molar-refractivity contribution in [3.05, 3.63) is 24.3 Å². The van der Waals surface area contributed by atoms with Crippen LogP contribution in [0.3, 0.4) is 0 Å². The smallest absolute Gasteiger partial charge is 0.303 e. The number of aliphatic hydroxyl groups excluding tert-OH is 3. The van der Waals surface area contributed by atoms with E-state index < -0.39 is 18.2 Å². The van der Waals surface area contributed by atoms with E-state index in [1.165, 1.54) is 0 Å². The Morgan fingerprint density at radius 3 is 2.62 bits per heavy atom. The molecule has 1 aliphatic rings. The fourth-order valence-corrected chi connectivity index (χ4v) is 3.23. The largest absolute Gasteiger partial charge is 0.481 e. The van der Waals surface area contributed by atoms with Crippen molar-refractivity contribution in [2.75, 3.05) is 0 Å². The number of carbonyl (C=O) groups is 2. The van der Waals surface area contributed by atoms with Gasteiger partial charge in [0, 0.05) is 24.7 Å². The van der Waals surface area contributed by atoms with E-state index in [1.807, 2.05) is 12.2 Å². The second-order valence-electron chi connectivity index (χ2n) is 7.15. The van der Waals surface area contributed by atoms with Gasteiger partial charge in [-0.25, -0.2) is 0 Å². The molecule has 6 nitrogen and oxygen atoms in total. The molecule has 0 aliphatic heterocycles. The van der Waals surface area contributed by atoms with Gasteiger partial charge in [-0.3, -0.25) is 9.59 Å². The van der Waals surface area contributed by atoms with Crippen molar-refractivity contribution >= 4 is 11.8 Å². The lowest BCUT2D eigenvalue weighted by Gasteiger charge is -2.16. The summed E-state index contributed by atoms with van der Waals surface area (Å²) in [6.45, 7) is 1.71. The molecule has 148 valence electrons. The Morgan fingerprint density at radius 1 is 1.23 bits per heavy atom. The highest BCUT2D eigenvalue weighted by atomic mass is 16.4. The zero-order valence-corrected chi connectivity index (χ0v) is 15.5. The number of Topliss-reactive ketones (excluding diaryl/α,β-unsaturated/α-hetero) is 1. The summed E-state index contributed by atoms with van der Waals surface area (Å²) in [5, 5.41) is 37.9. The van der Waals surface area contributed by atoms with Crippen molar-refractivity contribution in [2.24, 2.45) is 11.8 Å². The summed E-state index contributed by atoms with van der Waals surface area (Å²) >= 11 is 0. The zero-order chi connectivity index (χ0) is 19.5. The number of allylic oxidation sites excluding steroid dienone is 2. The van der Waals surface area contributed by atoms with Crippen molar-refractivity contribution in [3.63, 3.8) is 0 Å². The van der Waals surface area contributed by atoms with Gasteiger partial charge in [-0.15, -0.1) is 0 Å². The number of carboxylic acid groups (broad SMARTS) is 1. The van der Waals surface area contributed by atoms with Gasteiger partial charge in [0.1, 0.15) is 5.78 Å². The molecule has 1 aliphatic carbocycles. The quantitative estimate of drug-likeness (QED) is 0.310. The van der Waals surface area contributed by atoms with Gasteiger partial charge in [0.15, 0.2) is 0 Å². The van der Waals surface area contributed by atoms with Crippen molar-refractivity contribution < 1.29 is 30.0 Å². The minimum Gasteiger partial charge on any atom is -0.481 e. The standard InChI is InChI=1S/C20H32O6/c1-14(21)7-6-8-15(22)11-12-17-16(18(23)13-19(17)24)9-4-2-3-5-10-20(25)26/h2,4,11-12,14-17,19,21-22,24H,3,5-10,13H2,1H3,(H,25,26)/t14?,15-,16+,17+,19+/m0/s1. The van der Waals surface area contributed by atoms with E-state index in [1.54, 1.807) is 19.1 Å². The highest BCUT2D eigenvalue weighted by molar-refractivity contribution is 5.84. The number of carboxylic acids is 1. The van der Waals surface area contributed by atoms with Crippen molar-refractivity contribution in [1.29, 1.82) is 0 Å².